The van der Waals surface area contributed by atoms with Crippen LogP contribution in [0.3, 0.4) is 0 Å². The summed E-state index contributed by atoms with van der Waals surface area (Å²) in [6.45, 7) is 2.00. The standard InChI is InChI=1S/C58H66FN7O15/c1-3-58(80)39-24-44-53-37(29-66(44)56(78)38(39)30-81-57(58)79)52-41(16-15-36-31(2)40(59)25-43(64-53)51(36)52)62-48(72)28-61-54(76)34(21-32-11-6-4-7-12-32)22-35(68)27-60-46(70)18-17-45(69)42(26-50(74)75)63-47(71)14-8-5-9-19-65-49(73)23-33(55(65)77)13-10-20-67/h4,6-7,11-12,24-25,33-34,41-42,67,80H,3,5,8-10,13-23,26-30H2,1-2H3,(H,60,70)(H,61,76)(H,62,72)(H,63,71)(H,74,75)/t33?,34-,41+,42+,58+/m1/s1. The number of Topliss-reactive ketones (excluding diaryl/α,β-unsaturated/α-hetero) is 2. The molecule has 1 unspecified atom stereocenters. The Morgan fingerprint density at radius 2 is 1.65 bits per heavy atom. The predicted octanol–water partition coefficient (Wildman–Crippen LogP) is 2.70. The molecule has 81 heavy (non-hydrogen) atoms. The van der Waals surface area contributed by atoms with E-state index in [-0.39, 0.29) is 86.9 Å². The highest BCUT2D eigenvalue weighted by Gasteiger charge is 2.46. The summed E-state index contributed by atoms with van der Waals surface area (Å²) in [6, 6.07) is 9.53. The second-order valence-electron chi connectivity index (χ2n) is 21.2. The lowest BCUT2D eigenvalue weighted by Crippen LogP contribution is -2.44. The molecule has 1 saturated heterocycles. The number of aromatic nitrogens is 2. The number of hydrogen-bond acceptors (Lipinski definition) is 15. The molecule has 2 aromatic heterocycles. The Labute approximate surface area is 464 Å². The lowest BCUT2D eigenvalue weighted by atomic mass is 9.81. The first-order chi connectivity index (χ1) is 38.7. The number of pyridine rings is 2. The quantitative estimate of drug-likeness (QED) is 0.0226. The maximum absolute atomic E-state index is 15.5. The number of unbranched alkanes of at least 4 members (excludes halogenated alkanes) is 2. The molecule has 0 bridgehead atoms. The number of ketones is 2. The molecular weight excluding hydrogens is 1050 g/mol. The minimum absolute atomic E-state index is 0.0168. The zero-order valence-electron chi connectivity index (χ0n) is 45.2. The molecule has 22 nitrogen and oxygen atoms in total. The third-order valence-corrected chi connectivity index (χ3v) is 15.8. The fourth-order valence-electron chi connectivity index (χ4n) is 11.4. The number of aliphatic hydroxyl groups is 2. The van der Waals surface area contributed by atoms with Crippen molar-refractivity contribution in [2.24, 2.45) is 11.8 Å². The number of amides is 6. The Morgan fingerprint density at radius 1 is 0.889 bits per heavy atom. The van der Waals surface area contributed by atoms with E-state index in [0.717, 1.165) is 0 Å². The van der Waals surface area contributed by atoms with Gasteiger partial charge in [-0.15, -0.1) is 0 Å². The number of halogens is 1. The van der Waals surface area contributed by atoms with Crippen molar-refractivity contribution in [1.29, 1.82) is 0 Å². The van der Waals surface area contributed by atoms with Crippen LogP contribution in [0.15, 0.2) is 47.3 Å². The van der Waals surface area contributed by atoms with E-state index in [1.807, 2.05) is 0 Å². The van der Waals surface area contributed by atoms with Gasteiger partial charge in [0.1, 0.15) is 12.4 Å². The summed E-state index contributed by atoms with van der Waals surface area (Å²) in [5, 5.41) is 41.1. The molecule has 7 N–H and O–H groups in total. The fraction of sp³-hybridized carbons (Fsp3) is 0.483. The number of nitrogens with zero attached hydrogens (tertiary/aromatic N) is 3. The van der Waals surface area contributed by atoms with Crippen LogP contribution in [-0.2, 0) is 84.3 Å². The van der Waals surface area contributed by atoms with Crippen LogP contribution in [0, 0.1) is 24.6 Å². The number of rotatable bonds is 27. The molecule has 6 amide bonds. The van der Waals surface area contributed by atoms with E-state index in [0.29, 0.717) is 89.5 Å². The normalized spacial score (nSPS) is 18.5. The van der Waals surface area contributed by atoms with Crippen LogP contribution in [0.5, 0.6) is 0 Å². The Balaban J connectivity index is 0.851. The van der Waals surface area contributed by atoms with Gasteiger partial charge in [0.15, 0.2) is 17.2 Å². The number of fused-ring (bicyclic) bond motifs is 5. The maximum Gasteiger partial charge on any atom is 0.343 e. The monoisotopic (exact) mass is 1120 g/mol. The van der Waals surface area contributed by atoms with Gasteiger partial charge in [-0.1, -0.05) is 43.7 Å². The number of carboxylic acid groups (broad SMARTS) is 1. The van der Waals surface area contributed by atoms with E-state index < -0.39 is 120 Å². The van der Waals surface area contributed by atoms with E-state index in [2.05, 4.69) is 21.3 Å². The minimum Gasteiger partial charge on any atom is -0.481 e. The molecule has 4 aliphatic rings. The Morgan fingerprint density at radius 3 is 2.38 bits per heavy atom. The number of cyclic esters (lactones) is 1. The highest BCUT2D eigenvalue weighted by molar-refractivity contribution is 6.03. The SMILES string of the molecule is CC[C@@]1(O)C(=O)OCc2c1cc1n(c2=O)Cc2c-1nc1cc(F)c(C)c3c1c2[C@@H](NC(=O)CNC(=O)[C@@H](CC(=O)CNC(=O)CCC(=O)[C@H](CC(=O)O)NC(=O)CCCCCN1C(=O)CC(CCCO)C1=O)Cc1ccccc1)CC3. The third kappa shape index (κ3) is 13.1. The molecule has 0 saturated carbocycles. The van der Waals surface area contributed by atoms with E-state index in [4.69, 9.17) is 14.8 Å². The van der Waals surface area contributed by atoms with Crippen LogP contribution in [0.1, 0.15) is 135 Å². The molecule has 5 atom stereocenters. The van der Waals surface area contributed by atoms with Crippen LogP contribution in [0.2, 0.25) is 0 Å². The first kappa shape index (κ1) is 59.1. The highest BCUT2D eigenvalue weighted by atomic mass is 19.1. The number of carboxylic acids is 1. The lowest BCUT2D eigenvalue weighted by Gasteiger charge is -2.31. The summed E-state index contributed by atoms with van der Waals surface area (Å²) < 4.78 is 22.2. The number of aliphatic hydroxyl groups excluding tert-OH is 1. The summed E-state index contributed by atoms with van der Waals surface area (Å²) in [6.07, 6.45) is 0.762. The van der Waals surface area contributed by atoms with Crippen molar-refractivity contribution < 1.29 is 72.4 Å². The number of aryl methyl sites for hydroxylation is 1. The molecule has 3 aliphatic heterocycles. The van der Waals surface area contributed by atoms with Crippen molar-refractivity contribution in [3.63, 3.8) is 0 Å². The van der Waals surface area contributed by atoms with Gasteiger partial charge in [0.05, 0.1) is 60.6 Å². The molecule has 1 aliphatic carbocycles. The molecule has 0 spiro atoms. The van der Waals surface area contributed by atoms with Crippen LogP contribution >= 0.6 is 0 Å². The minimum atomic E-state index is -2.08. The number of esters is 1. The molecule has 8 rings (SSSR count). The van der Waals surface area contributed by atoms with E-state index in [9.17, 15) is 63.0 Å². The number of aliphatic carboxylic acids is 1. The van der Waals surface area contributed by atoms with Crippen LogP contribution in [0.4, 0.5) is 4.39 Å². The second kappa shape index (κ2) is 25.6. The number of benzene rings is 2. The second-order valence-corrected chi connectivity index (χ2v) is 21.2. The van der Waals surface area contributed by atoms with Crippen molar-refractivity contribution >= 4 is 69.9 Å². The number of ether oxygens (including phenoxy) is 1. The van der Waals surface area contributed by atoms with Crippen molar-refractivity contribution in [3.8, 4) is 11.4 Å². The van der Waals surface area contributed by atoms with E-state index >= 15 is 4.39 Å². The topological polar surface area (TPSA) is 327 Å². The van der Waals surface area contributed by atoms with Crippen LogP contribution in [-0.4, -0.2) is 121 Å². The van der Waals surface area contributed by atoms with Crippen molar-refractivity contribution in [1.82, 2.24) is 35.7 Å². The molecule has 4 aromatic rings. The first-order valence-corrected chi connectivity index (χ1v) is 27.4. The number of nitrogens with one attached hydrogen (secondary N) is 4. The number of carbonyl (C=O) groups is 10. The van der Waals surface area contributed by atoms with Gasteiger partial charge in [-0.05, 0) is 86.6 Å². The van der Waals surface area contributed by atoms with E-state index in [1.54, 1.807) is 50.2 Å². The van der Waals surface area contributed by atoms with Crippen molar-refractivity contribution in [3.05, 3.63) is 97.6 Å². The van der Waals surface area contributed by atoms with Crippen LogP contribution in [0.25, 0.3) is 22.3 Å². The van der Waals surface area contributed by atoms with Gasteiger partial charge in [0.2, 0.25) is 35.4 Å². The largest absolute Gasteiger partial charge is 0.481 e. The Hall–Kier alpha value is -8.05. The summed E-state index contributed by atoms with van der Waals surface area (Å²) in [5.74, 6) is -8.58. The average molecular weight is 1120 g/mol. The van der Waals surface area contributed by atoms with Gasteiger partial charge in [0.25, 0.3) is 5.56 Å². The summed E-state index contributed by atoms with van der Waals surface area (Å²) >= 11 is 0. The van der Waals surface area contributed by atoms with Crippen molar-refractivity contribution in [2.45, 2.75) is 141 Å². The Bertz CT molecular complexity index is 3270. The summed E-state index contributed by atoms with van der Waals surface area (Å²) in [4.78, 5) is 149. The maximum atomic E-state index is 15.5. The van der Waals surface area contributed by atoms with Crippen LogP contribution < -0.4 is 26.8 Å². The summed E-state index contributed by atoms with van der Waals surface area (Å²) in [5.41, 5.74) is 1.57. The number of likely N-dealkylation sites (tertiary alicyclic amines) is 1. The zero-order chi connectivity index (χ0) is 58.3. The fourth-order valence-corrected chi connectivity index (χ4v) is 11.4. The van der Waals surface area contributed by atoms with E-state index in [1.165, 1.54) is 15.5 Å². The first-order valence-electron chi connectivity index (χ1n) is 27.4. The zero-order valence-corrected chi connectivity index (χ0v) is 45.2. The molecule has 1 fully saturated rings. The van der Waals surface area contributed by atoms with Gasteiger partial charge >= 0.3 is 11.9 Å². The predicted molar refractivity (Wildman–Crippen MR) is 286 cm³/mol. The molecular formula is C58H66FN7O15. The molecule has 2 aromatic carbocycles. The van der Waals surface area contributed by atoms with Gasteiger partial charge in [-0.25, -0.2) is 14.2 Å². The van der Waals surface area contributed by atoms with Gasteiger partial charge in [-0.2, -0.15) is 0 Å². The highest BCUT2D eigenvalue weighted by Crippen LogP contribution is 2.46. The number of imide groups is 1. The summed E-state index contributed by atoms with van der Waals surface area (Å²) in [7, 11) is 0. The smallest absolute Gasteiger partial charge is 0.343 e. The van der Waals surface area contributed by atoms with Gasteiger partial charge in [0, 0.05) is 79.7 Å². The molecule has 23 heteroatoms. The van der Waals surface area contributed by atoms with Gasteiger partial charge < -0.3 is 45.9 Å². The molecule has 0 radical (unpaired) electrons. The molecule has 5 heterocycles. The van der Waals surface area contributed by atoms with Crippen molar-refractivity contribution in [2.75, 3.05) is 26.2 Å². The number of carbonyl (C=O) groups excluding carboxylic acids is 9. The number of hydrogen-bond donors (Lipinski definition) is 7. The Kier molecular flexibility index (Phi) is 18.7. The molecule has 430 valence electrons. The third-order valence-electron chi connectivity index (χ3n) is 15.8. The lowest BCUT2D eigenvalue weighted by molar-refractivity contribution is -0.172. The van der Waals surface area contributed by atoms with Gasteiger partial charge in [-0.3, -0.25) is 52.8 Å². The average Bonchev–Trinajstić information content (AvgIpc) is 4.18.